The van der Waals surface area contributed by atoms with Crippen LogP contribution in [-0.4, -0.2) is 0 Å². The standard InChI is InChI=1S/C31H26N2/c1-6-16-26(17-7-1)31(32(27-18-8-2-9-19-27)28-20-10-3-11-21-28)33(29-22-12-4-13-23-29)30-24-14-5-15-25-30/h1-25,31H. The smallest absolute Gasteiger partial charge is 0.137 e. The van der Waals surface area contributed by atoms with Gasteiger partial charge in [0.1, 0.15) is 6.17 Å². The molecule has 0 heterocycles. The minimum absolute atomic E-state index is 0.110. The largest absolute Gasteiger partial charge is 0.316 e. The van der Waals surface area contributed by atoms with E-state index in [-0.39, 0.29) is 6.17 Å². The maximum atomic E-state index is 2.41. The maximum absolute atomic E-state index is 2.41. The third-order valence-corrected chi connectivity index (χ3v) is 5.72. The molecular formula is C31H26N2. The Labute approximate surface area is 196 Å². The third-order valence-electron chi connectivity index (χ3n) is 5.72. The molecule has 0 aliphatic rings. The van der Waals surface area contributed by atoms with Crippen LogP contribution in [0, 0.1) is 0 Å². The van der Waals surface area contributed by atoms with Crippen molar-refractivity contribution in [3.05, 3.63) is 157 Å². The van der Waals surface area contributed by atoms with Crippen molar-refractivity contribution in [2.45, 2.75) is 6.17 Å². The van der Waals surface area contributed by atoms with Gasteiger partial charge >= 0.3 is 0 Å². The Morgan fingerprint density at radius 3 is 0.818 bits per heavy atom. The summed E-state index contributed by atoms with van der Waals surface area (Å²) in [6.45, 7) is 0. The monoisotopic (exact) mass is 426 g/mol. The van der Waals surface area contributed by atoms with E-state index in [0.717, 1.165) is 22.7 Å². The molecule has 5 aromatic rings. The molecule has 0 amide bonds. The molecule has 160 valence electrons. The third kappa shape index (κ3) is 4.51. The van der Waals surface area contributed by atoms with Crippen molar-refractivity contribution in [2.24, 2.45) is 0 Å². The summed E-state index contributed by atoms with van der Waals surface area (Å²) < 4.78 is 0. The van der Waals surface area contributed by atoms with Crippen LogP contribution in [0.3, 0.4) is 0 Å². The van der Waals surface area contributed by atoms with Gasteiger partial charge in [0.25, 0.3) is 0 Å². The molecule has 0 spiro atoms. The Balaban J connectivity index is 1.79. The predicted octanol–water partition coefficient (Wildman–Crippen LogP) is 8.36. The number of para-hydroxylation sites is 4. The van der Waals surface area contributed by atoms with Crippen LogP contribution >= 0.6 is 0 Å². The minimum Gasteiger partial charge on any atom is -0.316 e. The normalized spacial score (nSPS) is 10.7. The van der Waals surface area contributed by atoms with Gasteiger partial charge < -0.3 is 9.80 Å². The van der Waals surface area contributed by atoms with Gasteiger partial charge in [0.2, 0.25) is 0 Å². The van der Waals surface area contributed by atoms with E-state index in [4.69, 9.17) is 0 Å². The molecule has 0 aromatic heterocycles. The summed E-state index contributed by atoms with van der Waals surface area (Å²) in [5.74, 6) is 0. The van der Waals surface area contributed by atoms with Crippen LogP contribution in [0.25, 0.3) is 0 Å². The second-order valence-electron chi connectivity index (χ2n) is 7.87. The average Bonchev–Trinajstić information content (AvgIpc) is 2.91. The van der Waals surface area contributed by atoms with Crippen LogP contribution in [0.15, 0.2) is 152 Å². The van der Waals surface area contributed by atoms with Gasteiger partial charge in [-0.2, -0.15) is 0 Å². The van der Waals surface area contributed by atoms with Crippen molar-refractivity contribution >= 4 is 22.7 Å². The van der Waals surface area contributed by atoms with Crippen LogP contribution in [0.2, 0.25) is 0 Å². The fourth-order valence-corrected chi connectivity index (χ4v) is 4.26. The molecule has 0 atom stereocenters. The van der Waals surface area contributed by atoms with Crippen molar-refractivity contribution in [2.75, 3.05) is 9.80 Å². The molecule has 0 aliphatic carbocycles. The molecule has 0 unspecified atom stereocenters. The molecule has 0 fully saturated rings. The summed E-state index contributed by atoms with van der Waals surface area (Å²) in [6, 6.07) is 53.2. The van der Waals surface area contributed by atoms with Gasteiger partial charge in [-0.05, 0) is 54.1 Å². The van der Waals surface area contributed by atoms with Crippen molar-refractivity contribution in [1.29, 1.82) is 0 Å². The molecule has 0 saturated heterocycles. The van der Waals surface area contributed by atoms with Crippen LogP contribution in [0.4, 0.5) is 22.7 Å². The first kappa shape index (κ1) is 20.6. The molecule has 0 bridgehead atoms. The zero-order valence-electron chi connectivity index (χ0n) is 18.4. The lowest BCUT2D eigenvalue weighted by molar-refractivity contribution is 0.705. The average molecular weight is 427 g/mol. The van der Waals surface area contributed by atoms with Gasteiger partial charge in [0, 0.05) is 22.7 Å². The van der Waals surface area contributed by atoms with Crippen LogP contribution < -0.4 is 9.80 Å². The second-order valence-corrected chi connectivity index (χ2v) is 7.87. The highest BCUT2D eigenvalue weighted by Gasteiger charge is 2.30. The molecule has 2 nitrogen and oxygen atoms in total. The topological polar surface area (TPSA) is 6.48 Å². The number of hydrogen-bond donors (Lipinski definition) is 0. The lowest BCUT2D eigenvalue weighted by Crippen LogP contribution is -2.37. The molecule has 0 saturated carbocycles. The Hall–Kier alpha value is -4.30. The molecule has 5 rings (SSSR count). The van der Waals surface area contributed by atoms with E-state index in [1.54, 1.807) is 0 Å². The summed E-state index contributed by atoms with van der Waals surface area (Å²) >= 11 is 0. The molecule has 0 radical (unpaired) electrons. The van der Waals surface area contributed by atoms with E-state index in [9.17, 15) is 0 Å². The predicted molar refractivity (Wildman–Crippen MR) is 139 cm³/mol. The van der Waals surface area contributed by atoms with Crippen molar-refractivity contribution in [1.82, 2.24) is 0 Å². The first-order valence-electron chi connectivity index (χ1n) is 11.3. The van der Waals surface area contributed by atoms with E-state index in [2.05, 4.69) is 161 Å². The first-order chi connectivity index (χ1) is 16.4. The molecule has 0 N–H and O–H groups in total. The van der Waals surface area contributed by atoms with Crippen LogP contribution in [0.5, 0.6) is 0 Å². The van der Waals surface area contributed by atoms with Gasteiger partial charge in [-0.15, -0.1) is 0 Å². The van der Waals surface area contributed by atoms with Gasteiger partial charge in [-0.25, -0.2) is 0 Å². The fraction of sp³-hybridized carbons (Fsp3) is 0.0323. The highest BCUT2D eigenvalue weighted by Crippen LogP contribution is 2.42. The van der Waals surface area contributed by atoms with E-state index in [1.165, 1.54) is 5.56 Å². The van der Waals surface area contributed by atoms with Gasteiger partial charge in [-0.1, -0.05) is 103 Å². The van der Waals surface area contributed by atoms with E-state index in [0.29, 0.717) is 0 Å². The van der Waals surface area contributed by atoms with E-state index < -0.39 is 0 Å². The summed E-state index contributed by atoms with van der Waals surface area (Å²) in [6.07, 6.45) is -0.110. The number of rotatable bonds is 7. The number of anilines is 4. The second kappa shape index (κ2) is 9.88. The van der Waals surface area contributed by atoms with Crippen molar-refractivity contribution in [3.8, 4) is 0 Å². The quantitative estimate of drug-likeness (QED) is 0.241. The summed E-state index contributed by atoms with van der Waals surface area (Å²) in [7, 11) is 0. The SMILES string of the molecule is c1ccc(C(N(c2ccccc2)c2ccccc2)N(c2ccccc2)c2ccccc2)cc1. The fourth-order valence-electron chi connectivity index (χ4n) is 4.26. The first-order valence-corrected chi connectivity index (χ1v) is 11.3. The van der Waals surface area contributed by atoms with Crippen LogP contribution in [-0.2, 0) is 0 Å². The van der Waals surface area contributed by atoms with Gasteiger partial charge in [0.15, 0.2) is 0 Å². The lowest BCUT2D eigenvalue weighted by Gasteiger charge is -2.42. The summed E-state index contributed by atoms with van der Waals surface area (Å²) in [4.78, 5) is 4.82. The molecule has 33 heavy (non-hydrogen) atoms. The number of nitrogens with zero attached hydrogens (tertiary/aromatic N) is 2. The number of hydrogen-bond acceptors (Lipinski definition) is 2. The molecule has 2 heteroatoms. The Kier molecular flexibility index (Phi) is 6.17. The van der Waals surface area contributed by atoms with E-state index in [1.807, 2.05) is 0 Å². The zero-order chi connectivity index (χ0) is 22.3. The highest BCUT2D eigenvalue weighted by atomic mass is 15.4. The summed E-state index contributed by atoms with van der Waals surface area (Å²) in [5.41, 5.74) is 5.74. The molecular weight excluding hydrogens is 400 g/mol. The Morgan fingerprint density at radius 2 is 0.545 bits per heavy atom. The van der Waals surface area contributed by atoms with Crippen LogP contribution in [0.1, 0.15) is 11.7 Å². The Morgan fingerprint density at radius 1 is 0.303 bits per heavy atom. The Bertz CT molecular complexity index is 1080. The van der Waals surface area contributed by atoms with Crippen molar-refractivity contribution in [3.63, 3.8) is 0 Å². The van der Waals surface area contributed by atoms with Crippen molar-refractivity contribution < 1.29 is 0 Å². The maximum Gasteiger partial charge on any atom is 0.137 e. The molecule has 0 aliphatic heterocycles. The number of benzene rings is 5. The summed E-state index contributed by atoms with van der Waals surface area (Å²) in [5, 5.41) is 0. The zero-order valence-corrected chi connectivity index (χ0v) is 18.4. The molecule has 5 aromatic carbocycles. The minimum atomic E-state index is -0.110. The van der Waals surface area contributed by atoms with E-state index >= 15 is 0 Å². The van der Waals surface area contributed by atoms with Gasteiger partial charge in [0.05, 0.1) is 0 Å². The highest BCUT2D eigenvalue weighted by molar-refractivity contribution is 5.72. The van der Waals surface area contributed by atoms with Gasteiger partial charge in [-0.3, -0.25) is 0 Å². The lowest BCUT2D eigenvalue weighted by atomic mass is 10.1.